The van der Waals surface area contributed by atoms with Crippen molar-refractivity contribution >= 4 is 11.6 Å². The Morgan fingerprint density at radius 3 is 2.46 bits per heavy atom. The lowest BCUT2D eigenvalue weighted by atomic mass is 10.0. The van der Waals surface area contributed by atoms with Crippen LogP contribution in [0.1, 0.15) is 43.5 Å². The fourth-order valence-corrected chi connectivity index (χ4v) is 4.15. The van der Waals surface area contributed by atoms with E-state index in [1.807, 2.05) is 10.7 Å². The van der Waals surface area contributed by atoms with Gasteiger partial charge < -0.3 is 4.90 Å². The van der Waals surface area contributed by atoms with Crippen LogP contribution < -0.4 is 0 Å². The molecular formula is C21H31ClN4. The summed E-state index contributed by atoms with van der Waals surface area (Å²) >= 11 is 6.69. The van der Waals surface area contributed by atoms with Crippen LogP contribution in [0.3, 0.4) is 0 Å². The molecule has 142 valence electrons. The summed E-state index contributed by atoms with van der Waals surface area (Å²) in [6.45, 7) is 10.6. The molecule has 0 radical (unpaired) electrons. The van der Waals surface area contributed by atoms with Gasteiger partial charge in [-0.15, -0.1) is 0 Å². The van der Waals surface area contributed by atoms with Crippen molar-refractivity contribution in [3.05, 3.63) is 52.3 Å². The van der Waals surface area contributed by atoms with E-state index in [2.05, 4.69) is 67.0 Å². The van der Waals surface area contributed by atoms with Gasteiger partial charge in [-0.2, -0.15) is 5.10 Å². The molecule has 1 fully saturated rings. The van der Waals surface area contributed by atoms with Gasteiger partial charge in [0.25, 0.3) is 0 Å². The van der Waals surface area contributed by atoms with Crippen LogP contribution in [0.15, 0.2) is 30.3 Å². The van der Waals surface area contributed by atoms with E-state index >= 15 is 0 Å². The number of hydrogen-bond donors (Lipinski definition) is 0. The molecule has 1 aliphatic heterocycles. The van der Waals surface area contributed by atoms with Crippen molar-refractivity contribution in [3.63, 3.8) is 0 Å². The highest BCUT2D eigenvalue weighted by Crippen LogP contribution is 2.25. The lowest BCUT2D eigenvalue weighted by molar-refractivity contribution is 0.104. The van der Waals surface area contributed by atoms with Crippen molar-refractivity contribution in [3.8, 4) is 0 Å². The molecule has 0 spiro atoms. The Bertz CT molecular complexity index is 702. The first-order valence-electron chi connectivity index (χ1n) is 9.65. The van der Waals surface area contributed by atoms with Crippen molar-refractivity contribution in [1.82, 2.24) is 19.6 Å². The van der Waals surface area contributed by atoms with Crippen LogP contribution in [0.2, 0.25) is 5.15 Å². The van der Waals surface area contributed by atoms with Crippen LogP contribution in [0, 0.1) is 6.92 Å². The minimum absolute atomic E-state index is 0.623. The van der Waals surface area contributed by atoms with Crippen molar-refractivity contribution in [2.24, 2.45) is 0 Å². The SMILES string of the molecule is Cc1nn(Cc2ccccc2)c(Cl)c1CN(C)C1CCN(C(C)C)CC1. The monoisotopic (exact) mass is 374 g/mol. The van der Waals surface area contributed by atoms with E-state index in [0.717, 1.165) is 29.5 Å². The Kier molecular flexibility index (Phi) is 6.38. The number of halogens is 1. The Labute approximate surface area is 162 Å². The highest BCUT2D eigenvalue weighted by Gasteiger charge is 2.25. The second-order valence-electron chi connectivity index (χ2n) is 7.77. The van der Waals surface area contributed by atoms with Gasteiger partial charge in [-0.25, -0.2) is 4.68 Å². The van der Waals surface area contributed by atoms with Crippen molar-refractivity contribution < 1.29 is 0 Å². The molecule has 0 unspecified atom stereocenters. The normalized spacial score (nSPS) is 16.7. The standard InChI is InChI=1S/C21H31ClN4/c1-16(2)25-12-10-19(11-13-25)24(4)15-20-17(3)23-26(21(20)22)14-18-8-6-5-7-9-18/h5-9,16,19H,10-15H2,1-4H3. The zero-order valence-corrected chi connectivity index (χ0v) is 17.2. The van der Waals surface area contributed by atoms with Gasteiger partial charge in [0.15, 0.2) is 0 Å². The molecule has 4 nitrogen and oxygen atoms in total. The minimum Gasteiger partial charge on any atom is -0.301 e. The van der Waals surface area contributed by atoms with Gasteiger partial charge in [-0.05, 0) is 59.3 Å². The van der Waals surface area contributed by atoms with Crippen LogP contribution in [0.5, 0.6) is 0 Å². The quantitative estimate of drug-likeness (QED) is 0.757. The maximum Gasteiger partial charge on any atom is 0.132 e. The Balaban J connectivity index is 1.64. The zero-order valence-electron chi connectivity index (χ0n) is 16.5. The van der Waals surface area contributed by atoms with Gasteiger partial charge in [-0.3, -0.25) is 4.90 Å². The van der Waals surface area contributed by atoms with E-state index in [9.17, 15) is 0 Å². The molecule has 26 heavy (non-hydrogen) atoms. The summed E-state index contributed by atoms with van der Waals surface area (Å²) in [5, 5.41) is 5.46. The molecule has 3 rings (SSSR count). The average molecular weight is 375 g/mol. The highest BCUT2D eigenvalue weighted by atomic mass is 35.5. The number of piperidine rings is 1. The number of rotatable bonds is 6. The summed E-state index contributed by atoms with van der Waals surface area (Å²) < 4.78 is 1.93. The third kappa shape index (κ3) is 4.48. The number of hydrogen-bond acceptors (Lipinski definition) is 3. The predicted molar refractivity (Wildman–Crippen MR) is 109 cm³/mol. The number of likely N-dealkylation sites (tertiary alicyclic amines) is 1. The molecule has 0 atom stereocenters. The molecule has 2 aromatic rings. The smallest absolute Gasteiger partial charge is 0.132 e. The van der Waals surface area contributed by atoms with E-state index in [4.69, 9.17) is 11.6 Å². The summed E-state index contributed by atoms with van der Waals surface area (Å²) in [5.74, 6) is 0. The molecule has 0 amide bonds. The molecule has 1 aliphatic rings. The van der Waals surface area contributed by atoms with Gasteiger partial charge in [0.05, 0.1) is 12.2 Å². The maximum absolute atomic E-state index is 6.69. The van der Waals surface area contributed by atoms with Crippen LogP contribution in [-0.4, -0.2) is 51.8 Å². The fourth-order valence-electron chi connectivity index (χ4n) is 3.85. The fraction of sp³-hybridized carbons (Fsp3) is 0.571. The van der Waals surface area contributed by atoms with Crippen LogP contribution in [-0.2, 0) is 13.1 Å². The molecule has 1 aromatic heterocycles. The van der Waals surface area contributed by atoms with Gasteiger partial charge in [0.1, 0.15) is 5.15 Å². The highest BCUT2D eigenvalue weighted by molar-refractivity contribution is 6.30. The molecule has 1 aromatic carbocycles. The lowest BCUT2D eigenvalue weighted by Crippen LogP contribution is -2.45. The van der Waals surface area contributed by atoms with Crippen LogP contribution in [0.25, 0.3) is 0 Å². The number of benzene rings is 1. The van der Waals surface area contributed by atoms with E-state index in [1.165, 1.54) is 31.5 Å². The molecular weight excluding hydrogens is 344 g/mol. The first-order valence-corrected chi connectivity index (χ1v) is 10.0. The Hall–Kier alpha value is -1.36. The van der Waals surface area contributed by atoms with Crippen LogP contribution >= 0.6 is 11.6 Å². The van der Waals surface area contributed by atoms with Crippen LogP contribution in [0.4, 0.5) is 0 Å². The second-order valence-corrected chi connectivity index (χ2v) is 8.13. The summed E-state index contributed by atoms with van der Waals surface area (Å²) in [6.07, 6.45) is 2.45. The largest absolute Gasteiger partial charge is 0.301 e. The van der Waals surface area contributed by atoms with Crippen molar-refractivity contribution in [2.75, 3.05) is 20.1 Å². The molecule has 0 bridgehead atoms. The predicted octanol–water partition coefficient (Wildman–Crippen LogP) is 4.20. The molecule has 0 aliphatic carbocycles. The number of nitrogens with zero attached hydrogens (tertiary/aromatic N) is 4. The minimum atomic E-state index is 0.623. The van der Waals surface area contributed by atoms with Crippen molar-refractivity contribution in [2.45, 2.75) is 58.8 Å². The third-order valence-corrected chi connectivity index (χ3v) is 6.04. The summed E-state index contributed by atoms with van der Waals surface area (Å²) in [7, 11) is 2.22. The maximum atomic E-state index is 6.69. The number of aromatic nitrogens is 2. The van der Waals surface area contributed by atoms with E-state index < -0.39 is 0 Å². The Morgan fingerprint density at radius 2 is 1.85 bits per heavy atom. The summed E-state index contributed by atoms with van der Waals surface area (Å²) in [4.78, 5) is 5.03. The third-order valence-electron chi connectivity index (χ3n) is 5.62. The first kappa shape index (κ1) is 19.4. The zero-order chi connectivity index (χ0) is 18.7. The van der Waals surface area contributed by atoms with E-state index in [1.54, 1.807) is 0 Å². The van der Waals surface area contributed by atoms with E-state index in [-0.39, 0.29) is 0 Å². The molecule has 0 N–H and O–H groups in total. The second kappa shape index (κ2) is 8.55. The molecule has 1 saturated heterocycles. The van der Waals surface area contributed by atoms with Gasteiger partial charge in [-0.1, -0.05) is 41.9 Å². The Morgan fingerprint density at radius 1 is 1.19 bits per heavy atom. The van der Waals surface area contributed by atoms with Gasteiger partial charge in [0, 0.05) is 24.2 Å². The molecule has 2 heterocycles. The summed E-state index contributed by atoms with van der Waals surface area (Å²) in [6, 6.07) is 11.6. The van der Waals surface area contributed by atoms with Crippen molar-refractivity contribution in [1.29, 1.82) is 0 Å². The van der Waals surface area contributed by atoms with Gasteiger partial charge in [0.2, 0.25) is 0 Å². The van der Waals surface area contributed by atoms with E-state index in [0.29, 0.717) is 12.1 Å². The topological polar surface area (TPSA) is 24.3 Å². The molecule has 5 heteroatoms. The van der Waals surface area contributed by atoms with Gasteiger partial charge >= 0.3 is 0 Å². The average Bonchev–Trinajstić information content (AvgIpc) is 2.90. The summed E-state index contributed by atoms with van der Waals surface area (Å²) in [5.41, 5.74) is 3.42. The number of aryl methyl sites for hydroxylation is 1. The molecule has 0 saturated carbocycles. The first-order chi connectivity index (χ1) is 12.5. The lowest BCUT2D eigenvalue weighted by Gasteiger charge is -2.38.